The van der Waals surface area contributed by atoms with Crippen LogP contribution in [0.25, 0.3) is 0 Å². The predicted octanol–water partition coefficient (Wildman–Crippen LogP) is 2.08. The Kier molecular flexibility index (Phi) is 5.69. The van der Waals surface area contributed by atoms with Gasteiger partial charge >= 0.3 is 0 Å². The van der Waals surface area contributed by atoms with E-state index < -0.39 is 0 Å². The lowest BCUT2D eigenvalue weighted by Crippen LogP contribution is -3.10. The molecule has 0 aliphatic rings. The fourth-order valence-electron chi connectivity index (χ4n) is 2.80. The van der Waals surface area contributed by atoms with E-state index >= 15 is 0 Å². The highest BCUT2D eigenvalue weighted by molar-refractivity contribution is 5.76. The van der Waals surface area contributed by atoms with Gasteiger partial charge in [-0.25, -0.2) is 0 Å². The lowest BCUT2D eigenvalue weighted by atomic mass is 10.1. The molecule has 0 radical (unpaired) electrons. The van der Waals surface area contributed by atoms with Gasteiger partial charge in [-0.1, -0.05) is 24.3 Å². The molecule has 0 bridgehead atoms. The van der Waals surface area contributed by atoms with E-state index in [2.05, 4.69) is 5.32 Å². The van der Waals surface area contributed by atoms with Crippen molar-refractivity contribution in [2.45, 2.75) is 26.6 Å². The summed E-state index contributed by atoms with van der Waals surface area (Å²) >= 11 is 0. The van der Waals surface area contributed by atoms with Crippen LogP contribution in [0.2, 0.25) is 0 Å². The molecule has 1 amide bonds. The summed E-state index contributed by atoms with van der Waals surface area (Å²) in [6.45, 7) is 4.21. The second kappa shape index (κ2) is 8.35. The predicted molar refractivity (Wildman–Crippen MR) is 93.7 cm³/mol. The molecule has 0 aliphatic heterocycles. The number of carbonyl (C=O) groups excluding carboxylic acids is 1. The maximum Gasteiger partial charge on any atom is 0.275 e. The van der Waals surface area contributed by atoms with Crippen molar-refractivity contribution in [3.05, 3.63) is 83.7 Å². The fourth-order valence-corrected chi connectivity index (χ4v) is 2.80. The first-order valence-electron chi connectivity index (χ1n) is 8.40. The third-order valence-electron chi connectivity index (χ3n) is 4.16. The summed E-state index contributed by atoms with van der Waals surface area (Å²) in [5.41, 5.74) is 2.31. The summed E-state index contributed by atoms with van der Waals surface area (Å²) < 4.78 is 10.9. The molecule has 0 atom stereocenters. The average Bonchev–Trinajstić information content (AvgIpc) is 3.28. The van der Waals surface area contributed by atoms with Crippen molar-refractivity contribution in [2.75, 3.05) is 6.54 Å². The Labute approximate surface area is 147 Å². The third-order valence-corrected chi connectivity index (χ3v) is 4.16. The van der Waals surface area contributed by atoms with E-state index in [1.807, 2.05) is 55.5 Å². The molecule has 0 fully saturated rings. The van der Waals surface area contributed by atoms with Crippen LogP contribution in [-0.4, -0.2) is 12.5 Å². The minimum absolute atomic E-state index is 0.0105. The lowest BCUT2D eigenvalue weighted by Gasteiger charge is -2.17. The van der Waals surface area contributed by atoms with Crippen molar-refractivity contribution in [1.82, 2.24) is 5.32 Å². The number of benzene rings is 1. The van der Waals surface area contributed by atoms with E-state index in [9.17, 15) is 4.79 Å². The first-order chi connectivity index (χ1) is 12.2. The number of amides is 1. The zero-order chi connectivity index (χ0) is 17.5. The molecule has 2 aromatic heterocycles. The summed E-state index contributed by atoms with van der Waals surface area (Å²) in [4.78, 5) is 13.5. The molecular formula is C20H23N2O3+. The van der Waals surface area contributed by atoms with Gasteiger partial charge in [0.1, 0.15) is 13.1 Å². The standard InChI is InChI=1S/C20H22N2O3/c1-16-6-2-3-7-17(16)12-21-20(23)15-22(13-18-8-4-10-24-18)14-19-9-5-11-25-19/h2-11H,12-15H2,1H3,(H,21,23)/p+1. The molecule has 5 nitrogen and oxygen atoms in total. The molecule has 0 unspecified atom stereocenters. The second-order valence-electron chi connectivity index (χ2n) is 6.14. The van der Waals surface area contributed by atoms with Crippen LogP contribution < -0.4 is 10.2 Å². The molecule has 0 saturated heterocycles. The van der Waals surface area contributed by atoms with Gasteiger partial charge in [0.25, 0.3) is 5.91 Å². The zero-order valence-corrected chi connectivity index (χ0v) is 14.3. The molecule has 3 rings (SSSR count). The van der Waals surface area contributed by atoms with Gasteiger partial charge in [0.15, 0.2) is 18.1 Å². The van der Waals surface area contributed by atoms with Crippen molar-refractivity contribution in [3.8, 4) is 0 Å². The van der Waals surface area contributed by atoms with Crippen LogP contribution in [0.15, 0.2) is 69.9 Å². The van der Waals surface area contributed by atoms with Crippen LogP contribution in [0, 0.1) is 6.92 Å². The lowest BCUT2D eigenvalue weighted by molar-refractivity contribution is -0.921. The van der Waals surface area contributed by atoms with Gasteiger partial charge < -0.3 is 19.1 Å². The van der Waals surface area contributed by atoms with Gasteiger partial charge in [0.05, 0.1) is 12.5 Å². The minimum Gasteiger partial charge on any atom is -0.463 e. The Bertz CT molecular complexity index is 743. The molecule has 1 aromatic carbocycles. The van der Waals surface area contributed by atoms with E-state index in [0.717, 1.165) is 22.0 Å². The SMILES string of the molecule is Cc1ccccc1CNC(=O)C[NH+](Cc1ccco1)Cc1ccco1. The summed E-state index contributed by atoms with van der Waals surface area (Å²) in [5, 5.41) is 3.01. The number of hydrogen-bond acceptors (Lipinski definition) is 3. The number of rotatable bonds is 8. The normalized spacial score (nSPS) is 11.0. The molecule has 5 heteroatoms. The largest absolute Gasteiger partial charge is 0.463 e. The second-order valence-corrected chi connectivity index (χ2v) is 6.14. The van der Waals surface area contributed by atoms with Crippen LogP contribution in [0.3, 0.4) is 0 Å². The Morgan fingerprint density at radius 1 is 0.960 bits per heavy atom. The minimum atomic E-state index is 0.0105. The molecule has 25 heavy (non-hydrogen) atoms. The molecule has 2 heterocycles. The Morgan fingerprint density at radius 3 is 2.16 bits per heavy atom. The summed E-state index contributed by atoms with van der Waals surface area (Å²) in [6.07, 6.45) is 3.30. The van der Waals surface area contributed by atoms with Crippen LogP contribution in [-0.2, 0) is 24.4 Å². The van der Waals surface area contributed by atoms with Gasteiger partial charge in [-0.15, -0.1) is 0 Å². The van der Waals surface area contributed by atoms with E-state index in [-0.39, 0.29) is 5.91 Å². The quantitative estimate of drug-likeness (QED) is 0.661. The van der Waals surface area contributed by atoms with Crippen LogP contribution in [0.5, 0.6) is 0 Å². The number of aryl methyl sites for hydroxylation is 1. The number of furan rings is 2. The van der Waals surface area contributed by atoms with Gasteiger partial charge in [-0.3, -0.25) is 4.79 Å². The maximum atomic E-state index is 12.4. The van der Waals surface area contributed by atoms with Crippen molar-refractivity contribution >= 4 is 5.91 Å². The van der Waals surface area contributed by atoms with E-state index in [4.69, 9.17) is 8.83 Å². The van der Waals surface area contributed by atoms with Crippen molar-refractivity contribution in [1.29, 1.82) is 0 Å². The highest BCUT2D eigenvalue weighted by Gasteiger charge is 2.18. The topological polar surface area (TPSA) is 59.8 Å². The number of hydrogen-bond donors (Lipinski definition) is 2. The van der Waals surface area contributed by atoms with Crippen molar-refractivity contribution in [3.63, 3.8) is 0 Å². The molecule has 130 valence electrons. The fraction of sp³-hybridized carbons (Fsp3) is 0.250. The van der Waals surface area contributed by atoms with E-state index in [1.165, 1.54) is 5.56 Å². The van der Waals surface area contributed by atoms with E-state index in [0.29, 0.717) is 26.2 Å². The Balaban J connectivity index is 1.58. The average molecular weight is 339 g/mol. The van der Waals surface area contributed by atoms with Crippen molar-refractivity contribution < 1.29 is 18.5 Å². The molecular weight excluding hydrogens is 316 g/mol. The van der Waals surface area contributed by atoms with Crippen molar-refractivity contribution in [2.24, 2.45) is 0 Å². The van der Waals surface area contributed by atoms with E-state index in [1.54, 1.807) is 12.5 Å². The smallest absolute Gasteiger partial charge is 0.275 e. The first-order valence-corrected chi connectivity index (χ1v) is 8.40. The van der Waals surface area contributed by atoms with Crippen LogP contribution in [0.1, 0.15) is 22.6 Å². The highest BCUT2D eigenvalue weighted by Crippen LogP contribution is 2.06. The van der Waals surface area contributed by atoms with Gasteiger partial charge in [-0.2, -0.15) is 0 Å². The van der Waals surface area contributed by atoms with Crippen LogP contribution >= 0.6 is 0 Å². The molecule has 2 N–H and O–H groups in total. The monoisotopic (exact) mass is 339 g/mol. The number of quaternary nitrogens is 1. The van der Waals surface area contributed by atoms with Gasteiger partial charge in [0.2, 0.25) is 0 Å². The molecule has 0 saturated carbocycles. The first kappa shape index (κ1) is 17.0. The number of nitrogens with one attached hydrogen (secondary N) is 2. The van der Waals surface area contributed by atoms with Gasteiger partial charge in [-0.05, 0) is 42.3 Å². The summed E-state index contributed by atoms with van der Waals surface area (Å²) in [6, 6.07) is 15.6. The molecule has 3 aromatic rings. The highest BCUT2D eigenvalue weighted by atomic mass is 16.3. The Morgan fingerprint density at radius 2 is 1.60 bits per heavy atom. The van der Waals surface area contributed by atoms with Gasteiger partial charge in [0, 0.05) is 6.54 Å². The molecule has 0 aliphatic carbocycles. The Hall–Kier alpha value is -2.79. The molecule has 0 spiro atoms. The summed E-state index contributed by atoms with van der Waals surface area (Å²) in [7, 11) is 0. The number of carbonyl (C=O) groups is 1. The zero-order valence-electron chi connectivity index (χ0n) is 14.3. The van der Waals surface area contributed by atoms with Crippen LogP contribution in [0.4, 0.5) is 0 Å². The maximum absolute atomic E-state index is 12.4. The summed E-state index contributed by atoms with van der Waals surface area (Å²) in [5.74, 6) is 1.72. The third kappa shape index (κ3) is 5.09.